The highest BCUT2D eigenvalue weighted by atomic mass is 16.1. The molecule has 0 radical (unpaired) electrons. The highest BCUT2D eigenvalue weighted by Crippen LogP contribution is 2.03. The smallest absolute Gasteiger partial charge is 0.129 e. The second-order valence-electron chi connectivity index (χ2n) is 4.09. The van der Waals surface area contributed by atoms with Crippen molar-refractivity contribution in [3.8, 4) is 0 Å². The standard InChI is InChI=1S/C11H23NO/c1-10(2)12(4)9-7-5-6-8-11(3)13/h10H,5-9H2,1-4H3. The van der Waals surface area contributed by atoms with Crippen molar-refractivity contribution >= 4 is 5.78 Å². The van der Waals surface area contributed by atoms with E-state index in [0.717, 1.165) is 19.4 Å². The van der Waals surface area contributed by atoms with Crippen LogP contribution in [-0.4, -0.2) is 30.3 Å². The van der Waals surface area contributed by atoms with Crippen molar-refractivity contribution in [2.45, 2.75) is 52.5 Å². The van der Waals surface area contributed by atoms with Crippen LogP contribution >= 0.6 is 0 Å². The van der Waals surface area contributed by atoms with Crippen molar-refractivity contribution in [3.63, 3.8) is 0 Å². The summed E-state index contributed by atoms with van der Waals surface area (Å²) in [5.74, 6) is 0.317. The van der Waals surface area contributed by atoms with Crippen LogP contribution in [0, 0.1) is 0 Å². The zero-order valence-corrected chi connectivity index (χ0v) is 9.47. The van der Waals surface area contributed by atoms with Gasteiger partial charge in [0, 0.05) is 12.5 Å². The predicted molar refractivity (Wildman–Crippen MR) is 56.9 cm³/mol. The fourth-order valence-corrected chi connectivity index (χ4v) is 1.17. The first kappa shape index (κ1) is 12.6. The molecule has 0 aromatic heterocycles. The van der Waals surface area contributed by atoms with E-state index in [1.54, 1.807) is 6.92 Å². The van der Waals surface area contributed by atoms with Gasteiger partial charge in [-0.05, 0) is 47.2 Å². The highest BCUT2D eigenvalue weighted by Gasteiger charge is 2.01. The summed E-state index contributed by atoms with van der Waals surface area (Å²) in [7, 11) is 2.15. The molecular weight excluding hydrogens is 162 g/mol. The van der Waals surface area contributed by atoms with Gasteiger partial charge in [-0.3, -0.25) is 0 Å². The lowest BCUT2D eigenvalue weighted by Crippen LogP contribution is -2.27. The average molecular weight is 185 g/mol. The number of nitrogens with zero attached hydrogens (tertiary/aromatic N) is 1. The number of hydrogen-bond acceptors (Lipinski definition) is 2. The molecule has 0 saturated heterocycles. The Morgan fingerprint density at radius 2 is 1.85 bits per heavy atom. The molecule has 0 aromatic rings. The molecule has 0 aliphatic carbocycles. The summed E-state index contributed by atoms with van der Waals surface area (Å²) in [5, 5.41) is 0. The number of Topliss-reactive ketones (excluding diaryl/α,β-unsaturated/α-hetero) is 1. The number of unbranched alkanes of at least 4 members (excludes halogenated alkanes) is 2. The van der Waals surface area contributed by atoms with Crippen LogP contribution in [0.15, 0.2) is 0 Å². The molecule has 2 nitrogen and oxygen atoms in total. The second kappa shape index (κ2) is 7.07. The van der Waals surface area contributed by atoms with E-state index < -0.39 is 0 Å². The molecule has 0 saturated carbocycles. The van der Waals surface area contributed by atoms with Crippen LogP contribution in [-0.2, 0) is 4.79 Å². The number of ketones is 1. The predicted octanol–water partition coefficient (Wildman–Crippen LogP) is 2.48. The van der Waals surface area contributed by atoms with Crippen LogP contribution < -0.4 is 0 Å². The van der Waals surface area contributed by atoms with Crippen molar-refractivity contribution in [2.75, 3.05) is 13.6 Å². The summed E-state index contributed by atoms with van der Waals surface area (Å²) in [6.07, 6.45) is 4.20. The molecule has 0 unspecified atom stereocenters. The summed E-state index contributed by atoms with van der Waals surface area (Å²) < 4.78 is 0. The SMILES string of the molecule is CC(=O)CCCCCN(C)C(C)C. The van der Waals surface area contributed by atoms with Gasteiger partial charge in [0.1, 0.15) is 5.78 Å². The third-order valence-electron chi connectivity index (χ3n) is 2.42. The lowest BCUT2D eigenvalue weighted by Gasteiger charge is -2.20. The number of hydrogen-bond donors (Lipinski definition) is 0. The molecule has 0 spiro atoms. The Hall–Kier alpha value is -0.370. The van der Waals surface area contributed by atoms with E-state index in [-0.39, 0.29) is 0 Å². The molecule has 0 aliphatic heterocycles. The molecule has 0 heterocycles. The van der Waals surface area contributed by atoms with Crippen LogP contribution in [0.25, 0.3) is 0 Å². The van der Waals surface area contributed by atoms with E-state index in [9.17, 15) is 4.79 Å². The molecule has 2 heteroatoms. The molecule has 0 fully saturated rings. The summed E-state index contributed by atoms with van der Waals surface area (Å²) in [4.78, 5) is 13.0. The molecule has 0 rings (SSSR count). The first-order chi connectivity index (χ1) is 6.04. The molecule has 0 bridgehead atoms. The molecular formula is C11H23NO. The third-order valence-corrected chi connectivity index (χ3v) is 2.42. The van der Waals surface area contributed by atoms with Gasteiger partial charge in [-0.2, -0.15) is 0 Å². The summed E-state index contributed by atoms with van der Waals surface area (Å²) in [6.45, 7) is 7.22. The van der Waals surface area contributed by atoms with E-state index in [2.05, 4.69) is 25.8 Å². The monoisotopic (exact) mass is 185 g/mol. The van der Waals surface area contributed by atoms with Crippen LogP contribution in [0.1, 0.15) is 46.5 Å². The zero-order chi connectivity index (χ0) is 10.3. The van der Waals surface area contributed by atoms with Crippen molar-refractivity contribution in [3.05, 3.63) is 0 Å². The first-order valence-electron chi connectivity index (χ1n) is 5.23. The number of carbonyl (C=O) groups is 1. The third kappa shape index (κ3) is 7.97. The quantitative estimate of drug-likeness (QED) is 0.568. The Labute approximate surface area is 82.3 Å². The topological polar surface area (TPSA) is 20.3 Å². The lowest BCUT2D eigenvalue weighted by atomic mass is 10.1. The normalized spacial score (nSPS) is 11.2. The largest absolute Gasteiger partial charge is 0.304 e. The Morgan fingerprint density at radius 3 is 2.31 bits per heavy atom. The fourth-order valence-electron chi connectivity index (χ4n) is 1.17. The fraction of sp³-hybridized carbons (Fsp3) is 0.909. The van der Waals surface area contributed by atoms with Gasteiger partial charge in [0.2, 0.25) is 0 Å². The zero-order valence-electron chi connectivity index (χ0n) is 9.47. The Kier molecular flexibility index (Phi) is 6.87. The number of carbonyl (C=O) groups excluding carboxylic acids is 1. The van der Waals surface area contributed by atoms with Crippen LogP contribution in [0.5, 0.6) is 0 Å². The minimum atomic E-state index is 0.317. The number of rotatable bonds is 7. The Bertz CT molecular complexity index is 143. The van der Waals surface area contributed by atoms with Gasteiger partial charge in [-0.1, -0.05) is 6.42 Å². The van der Waals surface area contributed by atoms with Gasteiger partial charge in [0.15, 0.2) is 0 Å². The maximum absolute atomic E-state index is 10.6. The summed E-state index contributed by atoms with van der Waals surface area (Å²) in [5.41, 5.74) is 0. The van der Waals surface area contributed by atoms with Crippen LogP contribution in [0.2, 0.25) is 0 Å². The van der Waals surface area contributed by atoms with E-state index in [4.69, 9.17) is 0 Å². The molecule has 0 amide bonds. The van der Waals surface area contributed by atoms with Crippen LogP contribution in [0.3, 0.4) is 0 Å². The lowest BCUT2D eigenvalue weighted by molar-refractivity contribution is -0.117. The van der Waals surface area contributed by atoms with E-state index in [0.29, 0.717) is 11.8 Å². The molecule has 0 atom stereocenters. The Morgan fingerprint density at radius 1 is 1.23 bits per heavy atom. The van der Waals surface area contributed by atoms with Gasteiger partial charge in [-0.25, -0.2) is 0 Å². The second-order valence-corrected chi connectivity index (χ2v) is 4.09. The van der Waals surface area contributed by atoms with E-state index >= 15 is 0 Å². The maximum Gasteiger partial charge on any atom is 0.129 e. The van der Waals surface area contributed by atoms with Crippen molar-refractivity contribution in [1.29, 1.82) is 0 Å². The minimum Gasteiger partial charge on any atom is -0.304 e. The molecule has 13 heavy (non-hydrogen) atoms. The van der Waals surface area contributed by atoms with Crippen molar-refractivity contribution in [1.82, 2.24) is 4.90 Å². The van der Waals surface area contributed by atoms with Gasteiger partial charge < -0.3 is 9.69 Å². The van der Waals surface area contributed by atoms with Gasteiger partial charge in [0.25, 0.3) is 0 Å². The first-order valence-corrected chi connectivity index (χ1v) is 5.23. The minimum absolute atomic E-state index is 0.317. The van der Waals surface area contributed by atoms with Gasteiger partial charge >= 0.3 is 0 Å². The Balaban J connectivity index is 3.21. The summed E-state index contributed by atoms with van der Waals surface area (Å²) in [6, 6.07) is 0.632. The average Bonchev–Trinajstić information content (AvgIpc) is 2.02. The van der Waals surface area contributed by atoms with Crippen LogP contribution in [0.4, 0.5) is 0 Å². The van der Waals surface area contributed by atoms with E-state index in [1.165, 1.54) is 12.8 Å². The van der Waals surface area contributed by atoms with Gasteiger partial charge in [-0.15, -0.1) is 0 Å². The van der Waals surface area contributed by atoms with Crippen molar-refractivity contribution in [2.24, 2.45) is 0 Å². The molecule has 0 aromatic carbocycles. The summed E-state index contributed by atoms with van der Waals surface area (Å²) >= 11 is 0. The van der Waals surface area contributed by atoms with Crippen molar-refractivity contribution < 1.29 is 4.79 Å². The molecule has 78 valence electrons. The van der Waals surface area contributed by atoms with Gasteiger partial charge in [0.05, 0.1) is 0 Å². The molecule has 0 N–H and O–H groups in total. The molecule has 0 aliphatic rings. The maximum atomic E-state index is 10.6. The van der Waals surface area contributed by atoms with E-state index in [1.807, 2.05) is 0 Å². The highest BCUT2D eigenvalue weighted by molar-refractivity contribution is 5.75.